The molecule has 1 N–H and O–H groups in total. The number of hydrogen-bond acceptors (Lipinski definition) is 7. The van der Waals surface area contributed by atoms with Crippen molar-refractivity contribution in [1.82, 2.24) is 0 Å². The molecule has 1 heterocycles. The van der Waals surface area contributed by atoms with Gasteiger partial charge in [0.2, 0.25) is 0 Å². The van der Waals surface area contributed by atoms with Crippen LogP contribution < -0.4 is 9.47 Å². The second kappa shape index (κ2) is 8.30. The zero-order valence-corrected chi connectivity index (χ0v) is 19.7. The van der Waals surface area contributed by atoms with Gasteiger partial charge in [-0.3, -0.25) is 0 Å². The average Bonchev–Trinajstić information content (AvgIpc) is 2.92. The number of nitroso groups, excluding NO2 is 2. The van der Waals surface area contributed by atoms with Gasteiger partial charge in [-0.15, -0.1) is 9.81 Å². The van der Waals surface area contributed by atoms with E-state index in [0.29, 0.717) is 47.0 Å². The monoisotopic (exact) mass is 478 g/mol. The zero-order valence-electron chi connectivity index (χ0n) is 19.7. The number of phenolic OH excluding ortho intramolecular Hbond substituents is 1. The Kier molecular flexibility index (Phi) is 5.07. The third-order valence-corrected chi connectivity index (χ3v) is 7.17. The van der Waals surface area contributed by atoms with Crippen molar-refractivity contribution >= 4 is 22.5 Å². The molecule has 1 unspecified atom stereocenters. The number of aromatic hydroxyl groups is 1. The normalized spacial score (nSPS) is 15.7. The minimum absolute atomic E-state index is 0.0848. The summed E-state index contributed by atoms with van der Waals surface area (Å²) < 4.78 is 11.9. The Balaban J connectivity index is 1.74. The van der Waals surface area contributed by atoms with Crippen molar-refractivity contribution in [2.24, 2.45) is 10.4 Å². The van der Waals surface area contributed by atoms with E-state index < -0.39 is 0 Å². The maximum absolute atomic E-state index is 11.5. The summed E-state index contributed by atoms with van der Waals surface area (Å²) in [5.41, 5.74) is 6.18. The van der Waals surface area contributed by atoms with Gasteiger partial charge in [-0.2, -0.15) is 0 Å². The number of aryl methyl sites for hydroxylation is 2. The van der Waals surface area contributed by atoms with E-state index in [4.69, 9.17) is 9.47 Å². The van der Waals surface area contributed by atoms with Crippen molar-refractivity contribution in [2.75, 3.05) is 7.11 Å². The molecule has 2 aliphatic rings. The maximum Gasteiger partial charge on any atom is 0.161 e. The topological polar surface area (TPSA) is 97.5 Å². The number of fused-ring (bicyclic) bond motifs is 6. The Morgan fingerprint density at radius 1 is 0.944 bits per heavy atom. The van der Waals surface area contributed by atoms with E-state index in [1.165, 1.54) is 7.11 Å². The van der Waals surface area contributed by atoms with Crippen molar-refractivity contribution in [1.29, 1.82) is 0 Å². The molecule has 0 fully saturated rings. The fraction of sp³-hybridized carbons (Fsp3) is 0.172. The van der Waals surface area contributed by atoms with Gasteiger partial charge in [0.05, 0.1) is 12.8 Å². The molecule has 0 spiro atoms. The summed E-state index contributed by atoms with van der Waals surface area (Å²) in [6.07, 6.45) is 3.13. The van der Waals surface area contributed by atoms with Crippen LogP contribution in [0.4, 0.5) is 5.69 Å². The molecule has 1 aliphatic carbocycles. The molecule has 4 aromatic rings. The van der Waals surface area contributed by atoms with E-state index in [1.54, 1.807) is 12.1 Å². The Bertz CT molecular complexity index is 1620. The molecule has 0 amide bonds. The summed E-state index contributed by atoms with van der Waals surface area (Å²) >= 11 is 0. The van der Waals surface area contributed by atoms with Gasteiger partial charge in [-0.1, -0.05) is 24.3 Å². The fourth-order valence-corrected chi connectivity index (χ4v) is 5.46. The van der Waals surface area contributed by atoms with Crippen LogP contribution in [0.2, 0.25) is 0 Å². The standard InChI is InChI=1S/C29H22N2O5/c1-15-11-18(12-25(35-2)29(15)32)26-27-21-13-19(30-33)7-3-16(21)5-9-23(27)36-24-10-6-17-4-8-20(31-34)14-22(17)28(24)26/h3,5-7,9-14,26,32H,4,8H2,1-2H3. The first-order valence-electron chi connectivity index (χ1n) is 11.7. The van der Waals surface area contributed by atoms with Crippen molar-refractivity contribution in [3.8, 4) is 23.0 Å². The predicted molar refractivity (Wildman–Crippen MR) is 138 cm³/mol. The van der Waals surface area contributed by atoms with E-state index >= 15 is 0 Å². The molecule has 0 aromatic heterocycles. The second-order valence-electron chi connectivity index (χ2n) is 9.17. The molecule has 0 bridgehead atoms. The van der Waals surface area contributed by atoms with Crippen molar-refractivity contribution < 1.29 is 14.6 Å². The Morgan fingerprint density at radius 2 is 1.72 bits per heavy atom. The van der Waals surface area contributed by atoms with E-state index in [1.807, 2.05) is 55.5 Å². The lowest BCUT2D eigenvalue weighted by atomic mass is 9.76. The number of hydrogen-bond donors (Lipinski definition) is 1. The van der Waals surface area contributed by atoms with Crippen LogP contribution in [-0.2, 0) is 6.42 Å². The molecule has 6 rings (SSSR count). The molecule has 7 heteroatoms. The smallest absolute Gasteiger partial charge is 0.161 e. The average molecular weight is 479 g/mol. The number of phenols is 1. The summed E-state index contributed by atoms with van der Waals surface area (Å²) in [7, 11) is 1.52. The second-order valence-corrected chi connectivity index (χ2v) is 9.17. The minimum atomic E-state index is -0.334. The van der Waals surface area contributed by atoms with Gasteiger partial charge in [-0.05, 0) is 99.6 Å². The third-order valence-electron chi connectivity index (χ3n) is 7.17. The first-order valence-corrected chi connectivity index (χ1v) is 11.7. The highest BCUT2D eigenvalue weighted by Crippen LogP contribution is 2.54. The van der Waals surface area contributed by atoms with Crippen LogP contribution >= 0.6 is 0 Å². The Morgan fingerprint density at radius 3 is 2.50 bits per heavy atom. The lowest BCUT2D eigenvalue weighted by molar-refractivity contribution is 0.371. The number of nitrogens with zero attached hydrogens (tertiary/aromatic N) is 2. The lowest BCUT2D eigenvalue weighted by Gasteiger charge is -2.33. The van der Waals surface area contributed by atoms with Crippen molar-refractivity contribution in [3.05, 3.63) is 103 Å². The van der Waals surface area contributed by atoms with Crippen LogP contribution in [0.3, 0.4) is 0 Å². The highest BCUT2D eigenvalue weighted by Gasteiger charge is 2.35. The van der Waals surface area contributed by atoms with Gasteiger partial charge in [0.15, 0.2) is 11.5 Å². The number of benzene rings is 4. The van der Waals surface area contributed by atoms with Crippen LogP contribution in [0.25, 0.3) is 16.8 Å². The number of rotatable bonds is 4. The number of allylic oxidation sites excluding steroid dienone is 1. The molecular formula is C29H22N2O5. The van der Waals surface area contributed by atoms with Crippen molar-refractivity contribution in [3.63, 3.8) is 0 Å². The maximum atomic E-state index is 11.5. The molecule has 7 nitrogen and oxygen atoms in total. The number of methoxy groups -OCH3 is 1. The van der Waals surface area contributed by atoms with Gasteiger partial charge >= 0.3 is 0 Å². The highest BCUT2D eigenvalue weighted by atomic mass is 16.5. The van der Waals surface area contributed by atoms with Crippen LogP contribution in [0.15, 0.2) is 70.6 Å². The third kappa shape index (κ3) is 3.27. The van der Waals surface area contributed by atoms with E-state index in [-0.39, 0.29) is 11.7 Å². The van der Waals surface area contributed by atoms with E-state index in [2.05, 4.69) is 10.4 Å². The van der Waals surface area contributed by atoms with Crippen LogP contribution in [0, 0.1) is 16.7 Å². The summed E-state index contributed by atoms with van der Waals surface area (Å²) in [4.78, 5) is 22.9. The largest absolute Gasteiger partial charge is 0.504 e. The molecule has 0 saturated carbocycles. The quantitative estimate of drug-likeness (QED) is 0.268. The van der Waals surface area contributed by atoms with Gasteiger partial charge in [0.1, 0.15) is 17.2 Å². The Hall–Kier alpha value is -4.52. The van der Waals surface area contributed by atoms with Gasteiger partial charge < -0.3 is 14.6 Å². The number of ether oxygens (including phenoxy) is 2. The van der Waals surface area contributed by atoms with Gasteiger partial charge in [0, 0.05) is 17.0 Å². The van der Waals surface area contributed by atoms with E-state index in [9.17, 15) is 14.9 Å². The fourth-order valence-electron chi connectivity index (χ4n) is 5.46. The molecule has 178 valence electrons. The summed E-state index contributed by atoms with van der Waals surface area (Å²) in [5, 5.41) is 18.7. The van der Waals surface area contributed by atoms with E-state index in [0.717, 1.165) is 38.6 Å². The predicted octanol–water partition coefficient (Wildman–Crippen LogP) is 7.60. The summed E-state index contributed by atoms with van der Waals surface area (Å²) in [5.74, 6) is 1.47. The molecule has 36 heavy (non-hydrogen) atoms. The van der Waals surface area contributed by atoms with Crippen molar-refractivity contribution in [2.45, 2.75) is 25.7 Å². The first-order chi connectivity index (χ1) is 17.5. The molecule has 1 aliphatic heterocycles. The van der Waals surface area contributed by atoms with Crippen LogP contribution in [-0.4, -0.2) is 12.2 Å². The molecule has 1 atom stereocenters. The molecule has 0 saturated heterocycles. The van der Waals surface area contributed by atoms with Gasteiger partial charge in [0.25, 0.3) is 0 Å². The molecular weight excluding hydrogens is 456 g/mol. The summed E-state index contributed by atoms with van der Waals surface area (Å²) in [6.45, 7) is 1.83. The van der Waals surface area contributed by atoms with Crippen LogP contribution in [0.5, 0.6) is 23.0 Å². The van der Waals surface area contributed by atoms with Crippen LogP contribution in [0.1, 0.15) is 45.7 Å². The zero-order chi connectivity index (χ0) is 25.0. The van der Waals surface area contributed by atoms with Gasteiger partial charge in [-0.25, -0.2) is 0 Å². The first kappa shape index (κ1) is 22.0. The molecule has 4 aromatic carbocycles. The summed E-state index contributed by atoms with van der Waals surface area (Å²) in [6, 6.07) is 17.0. The Labute approximate surface area is 206 Å². The highest BCUT2D eigenvalue weighted by molar-refractivity contribution is 5.93. The molecule has 0 radical (unpaired) electrons. The SMILES string of the molecule is COc1cc(C2c3c(ccc4c3C=C(N=O)CC4)Oc3ccc4ccc(N=O)cc4c32)cc(C)c1O. The minimum Gasteiger partial charge on any atom is -0.504 e. The lowest BCUT2D eigenvalue weighted by Crippen LogP contribution is -2.16.